The van der Waals surface area contributed by atoms with Crippen LogP contribution in [0.1, 0.15) is 44.6 Å². The maximum absolute atomic E-state index is 12.9. The van der Waals surface area contributed by atoms with Gasteiger partial charge in [-0.05, 0) is 38.8 Å². The monoisotopic (exact) mass is 439 g/mol. The fourth-order valence-electron chi connectivity index (χ4n) is 4.27. The summed E-state index contributed by atoms with van der Waals surface area (Å²) in [4.78, 5) is 20.0. The first-order valence-corrected chi connectivity index (χ1v) is 11.3. The van der Waals surface area contributed by atoms with E-state index in [9.17, 15) is 4.79 Å². The van der Waals surface area contributed by atoms with Crippen LogP contribution < -0.4 is 4.74 Å². The zero-order valence-electron chi connectivity index (χ0n) is 17.7. The number of benzene rings is 1. The molecule has 1 aromatic carbocycles. The molecule has 4 heterocycles. The van der Waals surface area contributed by atoms with Crippen molar-refractivity contribution in [2.75, 3.05) is 13.1 Å². The second-order valence-corrected chi connectivity index (χ2v) is 9.36. The number of para-hydroxylation sites is 1. The minimum Gasteiger partial charge on any atom is -0.487 e. The van der Waals surface area contributed by atoms with Gasteiger partial charge in [-0.2, -0.15) is 0 Å². The highest BCUT2D eigenvalue weighted by Gasteiger charge is 2.41. The van der Waals surface area contributed by atoms with Crippen LogP contribution in [0.2, 0.25) is 0 Å². The maximum atomic E-state index is 12.9. The van der Waals surface area contributed by atoms with Gasteiger partial charge < -0.3 is 14.4 Å². The molecule has 2 aliphatic rings. The van der Waals surface area contributed by atoms with E-state index >= 15 is 0 Å². The number of hydrogen-bond donors (Lipinski definition) is 0. The zero-order valence-corrected chi connectivity index (χ0v) is 18.5. The standard InChI is InChI=1S/C22H25N5O3S/c1-15-20(31-16(2)23-15)21(28)26-10-8-22(9-11-26)14-27-19(13-30-22)18(24-25-27)12-29-17-6-4-3-5-7-17/h3-7H,8-14H2,1-2H3. The molecule has 0 bridgehead atoms. The molecule has 2 aliphatic heterocycles. The van der Waals surface area contributed by atoms with Crippen molar-refractivity contribution in [2.45, 2.75) is 52.0 Å². The molecule has 0 aliphatic carbocycles. The van der Waals surface area contributed by atoms with Gasteiger partial charge in [-0.1, -0.05) is 23.4 Å². The van der Waals surface area contributed by atoms with E-state index in [1.54, 1.807) is 0 Å². The van der Waals surface area contributed by atoms with E-state index in [0.717, 1.165) is 45.6 Å². The number of rotatable bonds is 4. The van der Waals surface area contributed by atoms with E-state index in [1.165, 1.54) is 11.3 Å². The third-order valence-corrected chi connectivity index (χ3v) is 7.11. The van der Waals surface area contributed by atoms with Gasteiger partial charge in [-0.15, -0.1) is 16.4 Å². The van der Waals surface area contributed by atoms with Crippen LogP contribution in [0.3, 0.4) is 0 Å². The number of hydrogen-bond acceptors (Lipinski definition) is 7. The Hall–Kier alpha value is -2.78. The van der Waals surface area contributed by atoms with Crippen molar-refractivity contribution < 1.29 is 14.3 Å². The maximum Gasteiger partial charge on any atom is 0.265 e. The second kappa shape index (κ2) is 8.05. The fraction of sp³-hybridized carbons (Fsp3) is 0.455. The minimum absolute atomic E-state index is 0.0792. The summed E-state index contributed by atoms with van der Waals surface area (Å²) >= 11 is 1.47. The van der Waals surface area contributed by atoms with Crippen molar-refractivity contribution in [3.63, 3.8) is 0 Å². The molecule has 3 aromatic rings. The van der Waals surface area contributed by atoms with Crippen molar-refractivity contribution in [3.8, 4) is 5.75 Å². The van der Waals surface area contributed by atoms with Crippen LogP contribution in [0.4, 0.5) is 0 Å². The number of ether oxygens (including phenoxy) is 2. The lowest BCUT2D eigenvalue weighted by Crippen LogP contribution is -2.52. The van der Waals surface area contributed by atoms with E-state index in [1.807, 2.05) is 53.8 Å². The fourth-order valence-corrected chi connectivity index (χ4v) is 5.15. The first-order valence-electron chi connectivity index (χ1n) is 10.5. The van der Waals surface area contributed by atoms with Gasteiger partial charge in [0.1, 0.15) is 22.9 Å². The van der Waals surface area contributed by atoms with E-state index in [0.29, 0.717) is 32.8 Å². The summed E-state index contributed by atoms with van der Waals surface area (Å²) in [6.45, 7) is 6.66. The molecule has 1 spiro atoms. The molecule has 2 aromatic heterocycles. The highest BCUT2D eigenvalue weighted by Crippen LogP contribution is 2.34. The number of aryl methyl sites for hydroxylation is 2. The van der Waals surface area contributed by atoms with Gasteiger partial charge >= 0.3 is 0 Å². The summed E-state index contributed by atoms with van der Waals surface area (Å²) in [5.74, 6) is 0.886. The molecule has 0 saturated carbocycles. The first kappa shape index (κ1) is 20.1. The van der Waals surface area contributed by atoms with Crippen LogP contribution in [-0.4, -0.2) is 49.5 Å². The number of fused-ring (bicyclic) bond motifs is 1. The molecule has 31 heavy (non-hydrogen) atoms. The molecule has 0 radical (unpaired) electrons. The number of thiazole rings is 1. The van der Waals surface area contributed by atoms with Crippen molar-refractivity contribution in [3.05, 3.63) is 57.3 Å². The Bertz CT molecular complexity index is 1090. The number of carbonyl (C=O) groups is 1. The molecule has 9 heteroatoms. The molecule has 1 amide bonds. The Morgan fingerprint density at radius 3 is 2.71 bits per heavy atom. The van der Waals surface area contributed by atoms with Crippen molar-refractivity contribution in [1.29, 1.82) is 0 Å². The number of piperidine rings is 1. The van der Waals surface area contributed by atoms with Gasteiger partial charge in [-0.25, -0.2) is 9.67 Å². The molecule has 0 N–H and O–H groups in total. The summed E-state index contributed by atoms with van der Waals surface area (Å²) < 4.78 is 14.1. The van der Waals surface area contributed by atoms with Crippen LogP contribution in [-0.2, 0) is 24.5 Å². The summed E-state index contributed by atoms with van der Waals surface area (Å²) in [5, 5.41) is 9.60. The van der Waals surface area contributed by atoms with E-state index < -0.39 is 0 Å². The van der Waals surface area contributed by atoms with Gasteiger partial charge in [0.15, 0.2) is 0 Å². The largest absolute Gasteiger partial charge is 0.487 e. The lowest BCUT2D eigenvalue weighted by molar-refractivity contribution is -0.120. The number of aromatic nitrogens is 4. The molecule has 1 fully saturated rings. The molecule has 0 atom stereocenters. The van der Waals surface area contributed by atoms with Crippen LogP contribution in [0.25, 0.3) is 0 Å². The molecule has 1 saturated heterocycles. The van der Waals surface area contributed by atoms with Gasteiger partial charge in [0.05, 0.1) is 35.1 Å². The number of likely N-dealkylation sites (tertiary alicyclic amines) is 1. The van der Waals surface area contributed by atoms with Crippen LogP contribution in [0.15, 0.2) is 30.3 Å². The number of carbonyl (C=O) groups excluding carboxylic acids is 1. The van der Waals surface area contributed by atoms with E-state index in [-0.39, 0.29) is 11.5 Å². The number of amides is 1. The SMILES string of the molecule is Cc1nc(C)c(C(=O)N2CCC3(CC2)Cn2nnc(COc4ccccc4)c2CO3)s1. The normalized spacial score (nSPS) is 17.5. The molecular formula is C22H25N5O3S. The van der Waals surface area contributed by atoms with Gasteiger partial charge in [-0.3, -0.25) is 4.79 Å². The third-order valence-electron chi connectivity index (χ3n) is 6.05. The summed E-state index contributed by atoms with van der Waals surface area (Å²) in [6, 6.07) is 9.69. The zero-order chi connectivity index (χ0) is 21.4. The van der Waals surface area contributed by atoms with Crippen molar-refractivity contribution in [2.24, 2.45) is 0 Å². The third kappa shape index (κ3) is 3.95. The van der Waals surface area contributed by atoms with Crippen LogP contribution >= 0.6 is 11.3 Å². The smallest absolute Gasteiger partial charge is 0.265 e. The summed E-state index contributed by atoms with van der Waals surface area (Å²) in [7, 11) is 0. The molecule has 5 rings (SSSR count). The first-order chi connectivity index (χ1) is 15.0. The Kier molecular flexibility index (Phi) is 5.23. The average Bonchev–Trinajstić information content (AvgIpc) is 3.34. The van der Waals surface area contributed by atoms with Crippen molar-refractivity contribution in [1.82, 2.24) is 24.9 Å². The molecule has 0 unspecified atom stereocenters. The second-order valence-electron chi connectivity index (χ2n) is 8.15. The van der Waals surface area contributed by atoms with Gasteiger partial charge in [0, 0.05) is 13.1 Å². The Morgan fingerprint density at radius 1 is 1.23 bits per heavy atom. The molecule has 8 nitrogen and oxygen atoms in total. The summed E-state index contributed by atoms with van der Waals surface area (Å²) in [6.07, 6.45) is 1.56. The number of nitrogens with zero attached hydrogens (tertiary/aromatic N) is 5. The average molecular weight is 440 g/mol. The van der Waals surface area contributed by atoms with Gasteiger partial charge in [0.2, 0.25) is 0 Å². The lowest BCUT2D eigenvalue weighted by Gasteiger charge is -2.43. The summed E-state index contributed by atoms with van der Waals surface area (Å²) in [5.41, 5.74) is 2.30. The Balaban J connectivity index is 1.22. The minimum atomic E-state index is -0.298. The van der Waals surface area contributed by atoms with E-state index in [4.69, 9.17) is 9.47 Å². The quantitative estimate of drug-likeness (QED) is 0.621. The van der Waals surface area contributed by atoms with Gasteiger partial charge in [0.25, 0.3) is 5.91 Å². The van der Waals surface area contributed by atoms with Crippen molar-refractivity contribution >= 4 is 17.2 Å². The highest BCUT2D eigenvalue weighted by atomic mass is 32.1. The lowest BCUT2D eigenvalue weighted by atomic mass is 9.89. The predicted octanol–water partition coefficient (Wildman–Crippen LogP) is 3.14. The molecular weight excluding hydrogens is 414 g/mol. The molecule has 162 valence electrons. The topological polar surface area (TPSA) is 82.4 Å². The van der Waals surface area contributed by atoms with E-state index in [2.05, 4.69) is 15.3 Å². The predicted molar refractivity (Wildman–Crippen MR) is 115 cm³/mol. The Labute approximate surface area is 184 Å². The van der Waals surface area contributed by atoms with Crippen LogP contribution in [0, 0.1) is 13.8 Å². The van der Waals surface area contributed by atoms with Crippen LogP contribution in [0.5, 0.6) is 5.75 Å². The highest BCUT2D eigenvalue weighted by molar-refractivity contribution is 7.13. The Morgan fingerprint density at radius 2 is 2.00 bits per heavy atom.